The van der Waals surface area contributed by atoms with Gasteiger partial charge in [-0.25, -0.2) is 0 Å². The number of benzene rings is 2. The highest BCUT2D eigenvalue weighted by molar-refractivity contribution is 6.04. The first-order valence-corrected chi connectivity index (χ1v) is 7.22. The summed E-state index contributed by atoms with van der Waals surface area (Å²) < 4.78 is 42.6. The number of aryl methyl sites for hydroxylation is 1. The Bertz CT molecular complexity index is 885. The lowest BCUT2D eigenvalue weighted by atomic mass is 10.1. The predicted octanol–water partition coefficient (Wildman–Crippen LogP) is 4.32. The molecule has 8 heteroatoms. The van der Waals surface area contributed by atoms with Crippen molar-refractivity contribution in [2.75, 3.05) is 5.32 Å². The summed E-state index contributed by atoms with van der Waals surface area (Å²) in [6, 6.07) is 10.7. The van der Waals surface area contributed by atoms with Crippen LogP contribution < -0.4 is 5.32 Å². The first-order valence-electron chi connectivity index (χ1n) is 7.22. The second-order valence-electron chi connectivity index (χ2n) is 5.25. The van der Waals surface area contributed by atoms with Crippen LogP contribution in [-0.2, 0) is 6.18 Å². The second-order valence-corrected chi connectivity index (χ2v) is 5.25. The molecule has 3 rings (SSSR count). The lowest BCUT2D eigenvalue weighted by Gasteiger charge is -2.09. The third kappa shape index (κ3) is 3.85. The molecule has 0 fully saturated rings. The molecule has 2 aromatic carbocycles. The zero-order chi connectivity index (χ0) is 18.0. The van der Waals surface area contributed by atoms with Gasteiger partial charge in [0.2, 0.25) is 0 Å². The summed E-state index contributed by atoms with van der Waals surface area (Å²) in [6.07, 6.45) is -4.41. The fraction of sp³-hybridized carbons (Fsp3) is 0.118. The number of rotatable bonds is 3. The minimum absolute atomic E-state index is 0.273. The van der Waals surface area contributed by atoms with Crippen molar-refractivity contribution in [2.24, 2.45) is 0 Å². The van der Waals surface area contributed by atoms with E-state index in [4.69, 9.17) is 4.52 Å². The van der Waals surface area contributed by atoms with Crippen LogP contribution >= 0.6 is 0 Å². The molecule has 0 aliphatic rings. The van der Waals surface area contributed by atoms with E-state index in [0.717, 1.165) is 12.1 Å². The van der Waals surface area contributed by atoms with Crippen molar-refractivity contribution in [3.05, 3.63) is 65.5 Å². The Morgan fingerprint density at radius 1 is 1.04 bits per heavy atom. The molecule has 1 aromatic heterocycles. The fourth-order valence-electron chi connectivity index (χ4n) is 2.12. The van der Waals surface area contributed by atoms with Gasteiger partial charge >= 0.3 is 6.18 Å². The Kier molecular flexibility index (Phi) is 4.26. The summed E-state index contributed by atoms with van der Waals surface area (Å²) in [5.74, 6) is 0.402. The minimum Gasteiger partial charge on any atom is -0.334 e. The van der Waals surface area contributed by atoms with E-state index in [-0.39, 0.29) is 5.69 Å². The fourth-order valence-corrected chi connectivity index (χ4v) is 2.12. The number of hydrogen-bond acceptors (Lipinski definition) is 4. The molecule has 0 radical (unpaired) electrons. The van der Waals surface area contributed by atoms with Gasteiger partial charge in [0.15, 0.2) is 5.82 Å². The second kappa shape index (κ2) is 6.39. The van der Waals surface area contributed by atoms with Gasteiger partial charge < -0.3 is 9.84 Å². The van der Waals surface area contributed by atoms with Crippen molar-refractivity contribution in [1.29, 1.82) is 0 Å². The van der Waals surface area contributed by atoms with E-state index in [1.54, 1.807) is 31.2 Å². The number of carbonyl (C=O) groups is 1. The Balaban J connectivity index is 1.71. The van der Waals surface area contributed by atoms with E-state index in [1.165, 1.54) is 12.1 Å². The van der Waals surface area contributed by atoms with Crippen molar-refractivity contribution in [3.8, 4) is 11.5 Å². The molecule has 128 valence electrons. The van der Waals surface area contributed by atoms with Crippen molar-refractivity contribution in [1.82, 2.24) is 10.1 Å². The van der Waals surface area contributed by atoms with Gasteiger partial charge in [-0.05, 0) is 55.5 Å². The van der Waals surface area contributed by atoms with Crippen molar-refractivity contribution in [2.45, 2.75) is 13.1 Å². The number of anilines is 1. The van der Waals surface area contributed by atoms with Crippen molar-refractivity contribution in [3.63, 3.8) is 0 Å². The van der Waals surface area contributed by atoms with Crippen LogP contribution in [0, 0.1) is 6.92 Å². The molecule has 3 aromatic rings. The molecule has 1 N–H and O–H groups in total. The Hall–Kier alpha value is -3.16. The first-order chi connectivity index (χ1) is 11.8. The largest absolute Gasteiger partial charge is 0.416 e. The number of halogens is 3. The lowest BCUT2D eigenvalue weighted by Crippen LogP contribution is -2.12. The quantitative estimate of drug-likeness (QED) is 0.766. The van der Waals surface area contributed by atoms with E-state index >= 15 is 0 Å². The van der Waals surface area contributed by atoms with E-state index in [9.17, 15) is 18.0 Å². The van der Waals surface area contributed by atoms with Gasteiger partial charge in [-0.1, -0.05) is 5.16 Å². The molecule has 0 aliphatic carbocycles. The average molecular weight is 347 g/mol. The van der Waals surface area contributed by atoms with E-state index in [0.29, 0.717) is 22.8 Å². The predicted molar refractivity (Wildman–Crippen MR) is 83.9 cm³/mol. The van der Waals surface area contributed by atoms with E-state index in [1.807, 2.05) is 0 Å². The van der Waals surface area contributed by atoms with Crippen LogP contribution in [-0.4, -0.2) is 16.0 Å². The number of hydrogen-bond donors (Lipinski definition) is 1. The number of nitrogens with zero attached hydrogens (tertiary/aromatic N) is 2. The van der Waals surface area contributed by atoms with Crippen LogP contribution in [0.4, 0.5) is 18.9 Å². The number of carbonyl (C=O) groups excluding carboxylic acids is 1. The molecule has 1 heterocycles. The van der Waals surface area contributed by atoms with E-state index in [2.05, 4.69) is 15.5 Å². The monoisotopic (exact) mass is 347 g/mol. The summed E-state index contributed by atoms with van der Waals surface area (Å²) in [4.78, 5) is 16.2. The molecule has 0 saturated carbocycles. The van der Waals surface area contributed by atoms with Gasteiger partial charge in [0, 0.05) is 16.8 Å². The Morgan fingerprint density at radius 2 is 1.68 bits per heavy atom. The molecule has 0 unspecified atom stereocenters. The molecule has 0 aliphatic heterocycles. The SMILES string of the molecule is Cc1noc(-c2ccc(C(=O)Nc3ccc(C(F)(F)F)cc3)cc2)n1. The molecular formula is C17H12F3N3O2. The summed E-state index contributed by atoms with van der Waals surface area (Å²) in [7, 11) is 0. The van der Waals surface area contributed by atoms with Gasteiger partial charge in [-0.2, -0.15) is 18.2 Å². The standard InChI is InChI=1S/C17H12F3N3O2/c1-10-21-16(25-23-10)12-4-2-11(3-5-12)15(24)22-14-8-6-13(7-9-14)17(18,19)20/h2-9H,1H3,(H,22,24). The van der Waals surface area contributed by atoms with Gasteiger partial charge in [0.05, 0.1) is 5.56 Å². The van der Waals surface area contributed by atoms with Crippen LogP contribution in [0.3, 0.4) is 0 Å². The molecule has 0 bridgehead atoms. The van der Waals surface area contributed by atoms with Crippen LogP contribution in [0.25, 0.3) is 11.5 Å². The molecule has 5 nitrogen and oxygen atoms in total. The zero-order valence-electron chi connectivity index (χ0n) is 13.0. The van der Waals surface area contributed by atoms with Crippen LogP contribution in [0.5, 0.6) is 0 Å². The third-order valence-electron chi connectivity index (χ3n) is 3.39. The third-order valence-corrected chi connectivity index (χ3v) is 3.39. The van der Waals surface area contributed by atoms with Gasteiger partial charge in [-0.15, -0.1) is 0 Å². The average Bonchev–Trinajstić information content (AvgIpc) is 3.01. The maximum atomic E-state index is 12.5. The van der Waals surface area contributed by atoms with Crippen molar-refractivity contribution >= 4 is 11.6 Å². The first kappa shape index (κ1) is 16.7. The molecular weight excluding hydrogens is 335 g/mol. The summed E-state index contributed by atoms with van der Waals surface area (Å²) in [5, 5.41) is 6.23. The topological polar surface area (TPSA) is 68.0 Å². The number of alkyl halides is 3. The van der Waals surface area contributed by atoms with Gasteiger partial charge in [-0.3, -0.25) is 4.79 Å². The van der Waals surface area contributed by atoms with E-state index < -0.39 is 17.6 Å². The lowest BCUT2D eigenvalue weighted by molar-refractivity contribution is -0.137. The maximum Gasteiger partial charge on any atom is 0.416 e. The summed E-state index contributed by atoms with van der Waals surface area (Å²) in [5.41, 5.74) is 0.505. The number of aromatic nitrogens is 2. The Labute approximate surface area is 140 Å². The molecule has 0 spiro atoms. The van der Waals surface area contributed by atoms with Crippen molar-refractivity contribution < 1.29 is 22.5 Å². The highest BCUT2D eigenvalue weighted by atomic mass is 19.4. The highest BCUT2D eigenvalue weighted by Crippen LogP contribution is 2.29. The highest BCUT2D eigenvalue weighted by Gasteiger charge is 2.30. The molecule has 0 saturated heterocycles. The van der Waals surface area contributed by atoms with Gasteiger partial charge in [0.25, 0.3) is 11.8 Å². The number of amides is 1. The normalized spacial score (nSPS) is 11.4. The number of nitrogens with one attached hydrogen (secondary N) is 1. The van der Waals surface area contributed by atoms with Crippen LogP contribution in [0.1, 0.15) is 21.7 Å². The molecule has 1 amide bonds. The minimum atomic E-state index is -4.41. The van der Waals surface area contributed by atoms with Crippen LogP contribution in [0.2, 0.25) is 0 Å². The summed E-state index contributed by atoms with van der Waals surface area (Å²) in [6.45, 7) is 1.69. The Morgan fingerprint density at radius 3 is 2.20 bits per heavy atom. The smallest absolute Gasteiger partial charge is 0.334 e. The van der Waals surface area contributed by atoms with Gasteiger partial charge in [0.1, 0.15) is 0 Å². The zero-order valence-corrected chi connectivity index (χ0v) is 13.0. The molecule has 25 heavy (non-hydrogen) atoms. The molecule has 0 atom stereocenters. The maximum absolute atomic E-state index is 12.5. The summed E-state index contributed by atoms with van der Waals surface area (Å²) >= 11 is 0. The van der Waals surface area contributed by atoms with Crippen LogP contribution in [0.15, 0.2) is 53.1 Å².